The van der Waals surface area contributed by atoms with Crippen molar-refractivity contribution in [3.63, 3.8) is 0 Å². The van der Waals surface area contributed by atoms with Crippen LogP contribution in [0.25, 0.3) is 0 Å². The van der Waals surface area contributed by atoms with E-state index in [1.54, 1.807) is 0 Å². The van der Waals surface area contributed by atoms with Crippen molar-refractivity contribution < 1.29 is 5.11 Å². The zero-order valence-corrected chi connectivity index (χ0v) is 19.5. The lowest BCUT2D eigenvalue weighted by Gasteiger charge is -2.32. The number of likely N-dealkylation sites (N-methyl/N-ethyl adjacent to an activating group) is 1. The van der Waals surface area contributed by atoms with E-state index in [0.29, 0.717) is 5.92 Å². The average Bonchev–Trinajstić information content (AvgIpc) is 2.61. The maximum absolute atomic E-state index is 9.17. The molecule has 3 N–H and O–H groups in total. The van der Waals surface area contributed by atoms with Gasteiger partial charge in [-0.2, -0.15) is 0 Å². The van der Waals surface area contributed by atoms with E-state index in [9.17, 15) is 0 Å². The number of aliphatic hydroxyl groups excluding tert-OH is 1. The lowest BCUT2D eigenvalue weighted by atomic mass is 10.0. The Morgan fingerprint density at radius 3 is 2.42 bits per heavy atom. The minimum Gasteiger partial charge on any atom is -0.396 e. The molecule has 0 aliphatic carbocycles. The molecule has 0 radical (unpaired) electrons. The fraction of sp³-hybridized carbons (Fsp3) is 0.947. The Morgan fingerprint density at radius 1 is 1.08 bits per heavy atom. The van der Waals surface area contributed by atoms with Gasteiger partial charge in [0.25, 0.3) is 0 Å². The number of nitrogens with zero attached hydrogens (tertiary/aromatic N) is 3. The van der Waals surface area contributed by atoms with Crippen LogP contribution in [0, 0.1) is 5.92 Å². The second kappa shape index (κ2) is 17.0. The fourth-order valence-corrected chi connectivity index (χ4v) is 3.22. The van der Waals surface area contributed by atoms with Crippen LogP contribution in [0.3, 0.4) is 0 Å². The third-order valence-electron chi connectivity index (χ3n) is 4.88. The molecule has 1 aliphatic heterocycles. The molecule has 7 heteroatoms. The molecule has 1 heterocycles. The van der Waals surface area contributed by atoms with Gasteiger partial charge >= 0.3 is 0 Å². The third kappa shape index (κ3) is 12.3. The van der Waals surface area contributed by atoms with Crippen LogP contribution in [0.5, 0.6) is 0 Å². The van der Waals surface area contributed by atoms with Crippen molar-refractivity contribution in [2.75, 3.05) is 66.0 Å². The molecule has 6 nitrogen and oxygen atoms in total. The van der Waals surface area contributed by atoms with Crippen LogP contribution in [0.1, 0.15) is 46.0 Å². The van der Waals surface area contributed by atoms with Gasteiger partial charge in [0.15, 0.2) is 5.96 Å². The Balaban J connectivity index is 0.00000625. The van der Waals surface area contributed by atoms with Gasteiger partial charge in [0.05, 0.1) is 0 Å². The molecule has 0 amide bonds. The highest BCUT2D eigenvalue weighted by Crippen LogP contribution is 2.11. The number of guanidine groups is 1. The molecule has 0 bridgehead atoms. The van der Waals surface area contributed by atoms with Crippen molar-refractivity contribution in [3.05, 3.63) is 0 Å². The van der Waals surface area contributed by atoms with E-state index < -0.39 is 0 Å². The molecule has 0 aromatic heterocycles. The van der Waals surface area contributed by atoms with E-state index in [1.165, 1.54) is 45.6 Å². The van der Waals surface area contributed by atoms with Crippen LogP contribution < -0.4 is 10.6 Å². The Kier molecular flexibility index (Phi) is 16.9. The van der Waals surface area contributed by atoms with Crippen molar-refractivity contribution in [1.82, 2.24) is 20.4 Å². The number of rotatable bonds is 12. The summed E-state index contributed by atoms with van der Waals surface area (Å²) < 4.78 is 0. The first-order valence-corrected chi connectivity index (χ1v) is 10.2. The maximum Gasteiger partial charge on any atom is 0.191 e. The molecule has 1 fully saturated rings. The topological polar surface area (TPSA) is 63.1 Å². The van der Waals surface area contributed by atoms with Crippen LogP contribution in [0.15, 0.2) is 4.99 Å². The lowest BCUT2D eigenvalue weighted by molar-refractivity contribution is 0.152. The van der Waals surface area contributed by atoms with Gasteiger partial charge in [-0.1, -0.05) is 13.3 Å². The first-order chi connectivity index (χ1) is 12.2. The summed E-state index contributed by atoms with van der Waals surface area (Å²) in [6.07, 6.45) is 5.54. The summed E-state index contributed by atoms with van der Waals surface area (Å²) >= 11 is 0. The highest BCUT2D eigenvalue weighted by molar-refractivity contribution is 14.0. The quantitative estimate of drug-likeness (QED) is 0.172. The lowest BCUT2D eigenvalue weighted by Crippen LogP contribution is -2.44. The van der Waals surface area contributed by atoms with Crippen LogP contribution in [-0.4, -0.2) is 86.9 Å². The molecule has 1 rings (SSSR count). The number of hydrogen-bond donors (Lipinski definition) is 3. The molecule has 0 saturated carbocycles. The molecule has 1 aliphatic rings. The number of halogens is 1. The van der Waals surface area contributed by atoms with Crippen molar-refractivity contribution in [2.45, 2.75) is 46.0 Å². The fourth-order valence-electron chi connectivity index (χ4n) is 3.22. The summed E-state index contributed by atoms with van der Waals surface area (Å²) in [5.41, 5.74) is 0. The summed E-state index contributed by atoms with van der Waals surface area (Å²) in [7, 11) is 2.20. The van der Waals surface area contributed by atoms with Gasteiger partial charge in [-0.15, -0.1) is 24.0 Å². The Bertz CT molecular complexity index is 343. The summed E-state index contributed by atoms with van der Waals surface area (Å²) in [5, 5.41) is 16.0. The number of hydrogen-bond acceptors (Lipinski definition) is 4. The Morgan fingerprint density at radius 2 is 1.81 bits per heavy atom. The minimum absolute atomic E-state index is 0. The number of unbranched alkanes of at least 4 members (excludes halogenated alkanes) is 1. The summed E-state index contributed by atoms with van der Waals surface area (Å²) in [5.74, 6) is 1.41. The van der Waals surface area contributed by atoms with E-state index >= 15 is 0 Å². The second-order valence-corrected chi connectivity index (χ2v) is 7.17. The van der Waals surface area contributed by atoms with E-state index in [0.717, 1.165) is 44.9 Å². The largest absolute Gasteiger partial charge is 0.396 e. The van der Waals surface area contributed by atoms with Crippen molar-refractivity contribution >= 4 is 29.9 Å². The van der Waals surface area contributed by atoms with Gasteiger partial charge in [0, 0.05) is 52.4 Å². The zero-order valence-electron chi connectivity index (χ0n) is 17.2. The van der Waals surface area contributed by atoms with Crippen LogP contribution in [0.4, 0.5) is 0 Å². The molecule has 0 spiro atoms. The van der Waals surface area contributed by atoms with E-state index in [-0.39, 0.29) is 30.6 Å². The number of aliphatic hydroxyl groups is 1. The molecule has 1 saturated heterocycles. The SMILES string of the molecule is CCCC(CCO)CN=C(NCC)NCCCCN1CCN(C)CC1.I. The van der Waals surface area contributed by atoms with Gasteiger partial charge in [0.2, 0.25) is 0 Å². The second-order valence-electron chi connectivity index (χ2n) is 7.17. The first-order valence-electron chi connectivity index (χ1n) is 10.2. The smallest absolute Gasteiger partial charge is 0.191 e. The summed E-state index contributed by atoms with van der Waals surface area (Å²) in [6, 6.07) is 0. The molecule has 26 heavy (non-hydrogen) atoms. The molecule has 0 aromatic rings. The van der Waals surface area contributed by atoms with Gasteiger partial charge in [-0.3, -0.25) is 4.99 Å². The molecule has 0 aromatic carbocycles. The number of nitrogens with one attached hydrogen (secondary N) is 2. The van der Waals surface area contributed by atoms with E-state index in [4.69, 9.17) is 10.1 Å². The van der Waals surface area contributed by atoms with Crippen molar-refractivity contribution in [1.29, 1.82) is 0 Å². The highest BCUT2D eigenvalue weighted by atomic mass is 127. The van der Waals surface area contributed by atoms with E-state index in [1.807, 2.05) is 0 Å². The minimum atomic E-state index is 0. The molecular weight excluding hydrogens is 441 g/mol. The Hall–Kier alpha value is -0.120. The zero-order chi connectivity index (χ0) is 18.3. The van der Waals surface area contributed by atoms with Gasteiger partial charge < -0.3 is 25.5 Å². The van der Waals surface area contributed by atoms with Crippen LogP contribution in [0.2, 0.25) is 0 Å². The standard InChI is InChI=1S/C19H41N5O.HI/c1-4-8-18(9-16-25)17-22-19(20-5-2)21-10-6-7-11-24-14-12-23(3)13-15-24;/h18,25H,4-17H2,1-3H3,(H2,20,21,22);1H. The maximum atomic E-state index is 9.17. The van der Waals surface area contributed by atoms with E-state index in [2.05, 4.69) is 41.3 Å². The predicted octanol–water partition coefficient (Wildman–Crippen LogP) is 1.99. The molecule has 1 unspecified atom stereocenters. The van der Waals surface area contributed by atoms with Gasteiger partial charge in [-0.05, 0) is 52.1 Å². The van der Waals surface area contributed by atoms with Crippen molar-refractivity contribution in [3.8, 4) is 0 Å². The van der Waals surface area contributed by atoms with Crippen molar-refractivity contribution in [2.24, 2.45) is 10.9 Å². The van der Waals surface area contributed by atoms with Gasteiger partial charge in [-0.25, -0.2) is 0 Å². The predicted molar refractivity (Wildman–Crippen MR) is 123 cm³/mol. The summed E-state index contributed by atoms with van der Waals surface area (Å²) in [6.45, 7) is 13.2. The normalized spacial score (nSPS) is 17.6. The monoisotopic (exact) mass is 483 g/mol. The molecular formula is C19H42IN5O. The summed E-state index contributed by atoms with van der Waals surface area (Å²) in [4.78, 5) is 9.69. The van der Waals surface area contributed by atoms with Gasteiger partial charge in [0.1, 0.15) is 0 Å². The molecule has 1 atom stereocenters. The number of piperazine rings is 1. The number of aliphatic imine (C=N–C) groups is 1. The average molecular weight is 483 g/mol. The highest BCUT2D eigenvalue weighted by Gasteiger charge is 2.12. The third-order valence-corrected chi connectivity index (χ3v) is 4.88. The Labute approximate surface area is 178 Å². The van der Waals surface area contributed by atoms with Crippen LogP contribution in [-0.2, 0) is 0 Å². The first kappa shape index (κ1) is 25.9. The van der Waals surface area contributed by atoms with Crippen LogP contribution >= 0.6 is 24.0 Å². The molecule has 156 valence electrons.